The molecule has 4 rings (SSSR count). The van der Waals surface area contributed by atoms with E-state index in [4.69, 9.17) is 32.9 Å². The first kappa shape index (κ1) is 24.4. The van der Waals surface area contributed by atoms with E-state index >= 15 is 0 Å². The fourth-order valence-electron chi connectivity index (χ4n) is 3.60. The van der Waals surface area contributed by atoms with Crippen molar-refractivity contribution in [2.75, 3.05) is 26.3 Å². The zero-order valence-electron chi connectivity index (χ0n) is 18.2. The average molecular weight is 527 g/mol. The van der Waals surface area contributed by atoms with E-state index in [0.717, 1.165) is 35.4 Å². The van der Waals surface area contributed by atoms with Crippen LogP contribution in [0.4, 0.5) is 5.69 Å². The van der Waals surface area contributed by atoms with Crippen LogP contribution in [0.3, 0.4) is 0 Å². The molecule has 0 N–H and O–H groups in total. The molecule has 3 aromatic rings. The van der Waals surface area contributed by atoms with Crippen LogP contribution in [0.1, 0.15) is 19.8 Å². The standard InChI is InChI=1S/C23H25Cl2N3O3S2/c1-2-3-10-28-22(20-15-17(24)4-9-21(20)25)16-32-23(28)26-18-5-7-19(8-6-18)33(29,30)27-11-13-31-14-12-27/h4-9,15-16H,2-3,10-14H2,1H3. The van der Waals surface area contributed by atoms with E-state index in [9.17, 15) is 8.42 Å². The molecule has 2 heterocycles. The average Bonchev–Trinajstić information content (AvgIpc) is 3.22. The van der Waals surface area contributed by atoms with Crippen molar-refractivity contribution in [3.05, 3.63) is 62.7 Å². The fourth-order valence-corrected chi connectivity index (χ4v) is 6.34. The first-order chi connectivity index (χ1) is 15.9. The molecule has 33 heavy (non-hydrogen) atoms. The summed E-state index contributed by atoms with van der Waals surface area (Å²) in [6.45, 7) is 4.51. The van der Waals surface area contributed by atoms with Crippen LogP contribution in [0, 0.1) is 0 Å². The molecular formula is C23H25Cl2N3O3S2. The second-order valence-corrected chi connectivity index (χ2v) is 11.3. The number of hydrogen-bond acceptors (Lipinski definition) is 5. The summed E-state index contributed by atoms with van der Waals surface area (Å²) in [7, 11) is -3.53. The largest absolute Gasteiger partial charge is 0.379 e. The Morgan fingerprint density at radius 1 is 1.09 bits per heavy atom. The molecule has 1 aromatic heterocycles. The van der Waals surface area contributed by atoms with Crippen LogP contribution in [-0.2, 0) is 21.3 Å². The van der Waals surface area contributed by atoms with Gasteiger partial charge in [-0.15, -0.1) is 11.3 Å². The van der Waals surface area contributed by atoms with Crippen LogP contribution in [0.2, 0.25) is 10.0 Å². The Bertz CT molecular complexity index is 1280. The summed E-state index contributed by atoms with van der Waals surface area (Å²) in [6, 6.07) is 12.1. The Labute approximate surface area is 208 Å². The van der Waals surface area contributed by atoms with Gasteiger partial charge >= 0.3 is 0 Å². The maximum atomic E-state index is 12.9. The minimum absolute atomic E-state index is 0.264. The van der Waals surface area contributed by atoms with Crippen molar-refractivity contribution in [3.8, 4) is 11.3 Å². The van der Waals surface area contributed by atoms with Crippen molar-refractivity contribution in [1.82, 2.24) is 8.87 Å². The highest BCUT2D eigenvalue weighted by Gasteiger charge is 2.26. The number of benzene rings is 2. The van der Waals surface area contributed by atoms with Gasteiger partial charge in [0.25, 0.3) is 0 Å². The number of halogens is 2. The number of thiazole rings is 1. The molecule has 0 bridgehead atoms. The fraction of sp³-hybridized carbons (Fsp3) is 0.348. The summed E-state index contributed by atoms with van der Waals surface area (Å²) in [5.41, 5.74) is 2.52. The zero-order valence-corrected chi connectivity index (χ0v) is 21.4. The number of unbranched alkanes of at least 4 members (excludes halogenated alkanes) is 1. The van der Waals surface area contributed by atoms with Crippen molar-refractivity contribution in [2.24, 2.45) is 4.99 Å². The van der Waals surface area contributed by atoms with E-state index in [0.29, 0.717) is 42.0 Å². The summed E-state index contributed by atoms with van der Waals surface area (Å²) < 4.78 is 34.6. The third kappa shape index (κ3) is 5.53. The molecule has 176 valence electrons. The summed E-state index contributed by atoms with van der Waals surface area (Å²) >= 11 is 14.2. The molecule has 0 aliphatic carbocycles. The van der Waals surface area contributed by atoms with Crippen LogP contribution in [0.25, 0.3) is 11.3 Å². The first-order valence-corrected chi connectivity index (χ1v) is 13.8. The van der Waals surface area contributed by atoms with Crippen molar-refractivity contribution < 1.29 is 13.2 Å². The first-order valence-electron chi connectivity index (χ1n) is 10.8. The van der Waals surface area contributed by atoms with Gasteiger partial charge in [-0.1, -0.05) is 36.5 Å². The Balaban J connectivity index is 1.69. The molecule has 1 aliphatic rings. The van der Waals surface area contributed by atoms with E-state index < -0.39 is 10.0 Å². The molecule has 6 nitrogen and oxygen atoms in total. The molecule has 1 aliphatic heterocycles. The molecular weight excluding hydrogens is 501 g/mol. The Kier molecular flexibility index (Phi) is 7.94. The highest BCUT2D eigenvalue weighted by molar-refractivity contribution is 7.89. The lowest BCUT2D eigenvalue weighted by molar-refractivity contribution is 0.0730. The van der Waals surface area contributed by atoms with Gasteiger partial charge in [-0.2, -0.15) is 4.31 Å². The van der Waals surface area contributed by atoms with Gasteiger partial charge in [0.2, 0.25) is 10.0 Å². The van der Waals surface area contributed by atoms with Crippen LogP contribution < -0.4 is 4.80 Å². The molecule has 1 fully saturated rings. The lowest BCUT2D eigenvalue weighted by Crippen LogP contribution is -2.40. The predicted molar refractivity (Wildman–Crippen MR) is 134 cm³/mol. The Morgan fingerprint density at radius 3 is 2.52 bits per heavy atom. The maximum absolute atomic E-state index is 12.9. The number of aromatic nitrogens is 1. The van der Waals surface area contributed by atoms with Gasteiger partial charge in [0.05, 0.1) is 34.5 Å². The highest BCUT2D eigenvalue weighted by Crippen LogP contribution is 2.31. The lowest BCUT2D eigenvalue weighted by atomic mass is 10.1. The topological polar surface area (TPSA) is 63.9 Å². The molecule has 0 amide bonds. The number of nitrogens with zero attached hydrogens (tertiary/aromatic N) is 3. The molecule has 0 atom stereocenters. The Morgan fingerprint density at radius 2 is 1.82 bits per heavy atom. The number of morpholine rings is 1. The second kappa shape index (κ2) is 10.7. The van der Waals surface area contributed by atoms with Crippen LogP contribution in [-0.4, -0.2) is 43.6 Å². The zero-order chi connectivity index (χ0) is 23.4. The van der Waals surface area contributed by atoms with Gasteiger partial charge in [0.1, 0.15) is 0 Å². The molecule has 0 unspecified atom stereocenters. The van der Waals surface area contributed by atoms with Gasteiger partial charge in [-0.05, 0) is 48.9 Å². The highest BCUT2D eigenvalue weighted by atomic mass is 35.5. The van der Waals surface area contributed by atoms with E-state index in [1.54, 1.807) is 36.4 Å². The third-order valence-corrected chi connectivity index (χ3v) is 8.75. The molecule has 1 saturated heterocycles. The Hall–Kier alpha value is -1.68. The normalized spacial score (nSPS) is 15.8. The maximum Gasteiger partial charge on any atom is 0.243 e. The van der Waals surface area contributed by atoms with Crippen molar-refractivity contribution in [3.63, 3.8) is 0 Å². The van der Waals surface area contributed by atoms with E-state index in [1.165, 1.54) is 15.6 Å². The van der Waals surface area contributed by atoms with Gasteiger partial charge in [0, 0.05) is 35.6 Å². The number of sulfonamides is 1. The SMILES string of the molecule is CCCCn1c(-c2cc(Cl)ccc2Cl)csc1=Nc1ccc(S(=O)(=O)N2CCOCC2)cc1. The lowest BCUT2D eigenvalue weighted by Gasteiger charge is -2.26. The predicted octanol–water partition coefficient (Wildman–Crippen LogP) is 5.58. The summed E-state index contributed by atoms with van der Waals surface area (Å²) in [6.07, 6.45) is 2.03. The summed E-state index contributed by atoms with van der Waals surface area (Å²) in [5, 5.41) is 3.29. The minimum Gasteiger partial charge on any atom is -0.379 e. The van der Waals surface area contributed by atoms with Gasteiger partial charge in [-0.3, -0.25) is 0 Å². The number of ether oxygens (including phenoxy) is 1. The number of rotatable bonds is 7. The van der Waals surface area contributed by atoms with E-state index in [-0.39, 0.29) is 4.90 Å². The minimum atomic E-state index is -3.53. The summed E-state index contributed by atoms with van der Waals surface area (Å²) in [4.78, 5) is 5.89. The molecule has 0 saturated carbocycles. The molecule has 0 radical (unpaired) electrons. The number of hydrogen-bond donors (Lipinski definition) is 0. The van der Waals surface area contributed by atoms with Crippen LogP contribution in [0.15, 0.2) is 57.7 Å². The van der Waals surface area contributed by atoms with Crippen molar-refractivity contribution in [2.45, 2.75) is 31.2 Å². The van der Waals surface area contributed by atoms with Crippen molar-refractivity contribution >= 4 is 50.2 Å². The van der Waals surface area contributed by atoms with Crippen LogP contribution >= 0.6 is 34.5 Å². The summed E-state index contributed by atoms with van der Waals surface area (Å²) in [5.74, 6) is 0. The van der Waals surface area contributed by atoms with Gasteiger partial charge in [0.15, 0.2) is 4.80 Å². The second-order valence-electron chi connectivity index (χ2n) is 7.66. The molecule has 10 heteroatoms. The quantitative estimate of drug-likeness (QED) is 0.404. The monoisotopic (exact) mass is 525 g/mol. The third-order valence-electron chi connectivity index (χ3n) is 5.41. The van der Waals surface area contributed by atoms with Gasteiger partial charge in [-0.25, -0.2) is 13.4 Å². The molecule has 0 spiro atoms. The van der Waals surface area contributed by atoms with Gasteiger partial charge < -0.3 is 9.30 Å². The smallest absolute Gasteiger partial charge is 0.243 e. The van der Waals surface area contributed by atoms with E-state index in [2.05, 4.69) is 11.5 Å². The molecule has 2 aromatic carbocycles. The van der Waals surface area contributed by atoms with Crippen LogP contribution in [0.5, 0.6) is 0 Å². The van der Waals surface area contributed by atoms with Crippen molar-refractivity contribution in [1.29, 1.82) is 0 Å². The van der Waals surface area contributed by atoms with E-state index in [1.807, 2.05) is 11.4 Å².